The molecular formula is C15H16ClN3O. The molecule has 0 aliphatic rings. The van der Waals surface area contributed by atoms with Gasteiger partial charge in [-0.05, 0) is 36.2 Å². The van der Waals surface area contributed by atoms with Crippen molar-refractivity contribution < 1.29 is 5.21 Å². The summed E-state index contributed by atoms with van der Waals surface area (Å²) in [7, 11) is 0. The number of benzene rings is 2. The summed E-state index contributed by atoms with van der Waals surface area (Å²) >= 11 is 6.08. The van der Waals surface area contributed by atoms with Gasteiger partial charge >= 0.3 is 0 Å². The van der Waals surface area contributed by atoms with E-state index in [0.29, 0.717) is 12.1 Å². The molecule has 0 aliphatic heterocycles. The maximum atomic E-state index is 8.69. The second kappa shape index (κ2) is 6.30. The highest BCUT2D eigenvalue weighted by Gasteiger charge is 2.03. The van der Waals surface area contributed by atoms with E-state index in [2.05, 4.69) is 10.5 Å². The number of amidine groups is 1. The van der Waals surface area contributed by atoms with Crippen molar-refractivity contribution in [1.29, 1.82) is 0 Å². The Morgan fingerprint density at radius 1 is 1.30 bits per heavy atom. The second-order valence-corrected chi connectivity index (χ2v) is 4.86. The third-order valence-electron chi connectivity index (χ3n) is 3.08. The topological polar surface area (TPSA) is 70.6 Å². The average Bonchev–Trinajstić information content (AvgIpc) is 2.48. The lowest BCUT2D eigenvalue weighted by Gasteiger charge is -2.11. The van der Waals surface area contributed by atoms with Crippen LogP contribution in [0, 0.1) is 6.92 Å². The van der Waals surface area contributed by atoms with Crippen molar-refractivity contribution >= 4 is 23.1 Å². The predicted molar refractivity (Wildman–Crippen MR) is 82.5 cm³/mol. The first-order valence-corrected chi connectivity index (χ1v) is 6.55. The van der Waals surface area contributed by atoms with E-state index >= 15 is 0 Å². The molecule has 0 radical (unpaired) electrons. The fourth-order valence-corrected chi connectivity index (χ4v) is 2.07. The fourth-order valence-electron chi connectivity index (χ4n) is 1.89. The van der Waals surface area contributed by atoms with Gasteiger partial charge in [-0.3, -0.25) is 0 Å². The molecule has 0 atom stereocenters. The number of hydrogen-bond acceptors (Lipinski definition) is 3. The molecule has 104 valence electrons. The van der Waals surface area contributed by atoms with Crippen LogP contribution < -0.4 is 11.1 Å². The highest BCUT2D eigenvalue weighted by molar-refractivity contribution is 6.31. The van der Waals surface area contributed by atoms with Gasteiger partial charge in [0.1, 0.15) is 0 Å². The molecule has 0 amide bonds. The molecule has 0 heterocycles. The molecular weight excluding hydrogens is 274 g/mol. The molecule has 0 spiro atoms. The van der Waals surface area contributed by atoms with Crippen LogP contribution in [0.5, 0.6) is 0 Å². The van der Waals surface area contributed by atoms with Crippen LogP contribution in [0.4, 0.5) is 5.69 Å². The molecule has 2 rings (SSSR count). The van der Waals surface area contributed by atoms with Gasteiger partial charge in [-0.15, -0.1) is 0 Å². The molecule has 4 nitrogen and oxygen atoms in total. The van der Waals surface area contributed by atoms with Crippen molar-refractivity contribution in [2.75, 3.05) is 5.32 Å². The molecule has 5 heteroatoms. The van der Waals surface area contributed by atoms with Crippen LogP contribution in [0.25, 0.3) is 0 Å². The maximum Gasteiger partial charge on any atom is 0.170 e. The summed E-state index contributed by atoms with van der Waals surface area (Å²) in [5.41, 5.74) is 9.31. The Balaban J connectivity index is 2.13. The minimum Gasteiger partial charge on any atom is -0.409 e. The highest BCUT2D eigenvalue weighted by atomic mass is 35.5. The smallest absolute Gasteiger partial charge is 0.170 e. The zero-order valence-electron chi connectivity index (χ0n) is 11.1. The third-order valence-corrected chi connectivity index (χ3v) is 3.49. The van der Waals surface area contributed by atoms with Crippen LogP contribution in [-0.2, 0) is 6.54 Å². The van der Waals surface area contributed by atoms with Crippen LogP contribution in [0.2, 0.25) is 5.02 Å². The Hall–Kier alpha value is -2.20. The molecule has 0 bridgehead atoms. The first-order valence-electron chi connectivity index (χ1n) is 6.17. The van der Waals surface area contributed by atoms with Gasteiger partial charge < -0.3 is 16.3 Å². The lowest BCUT2D eigenvalue weighted by molar-refractivity contribution is 0.318. The number of anilines is 1. The number of oxime groups is 1. The molecule has 0 fully saturated rings. The number of rotatable bonds is 4. The standard InChI is InChI=1S/C15H16ClN3O/c1-10-13(16)6-3-7-14(10)18-9-11-4-2-5-12(8-11)15(17)19-20/h2-8,18,20H,9H2,1H3,(H2,17,19). The Labute approximate surface area is 122 Å². The fraction of sp³-hybridized carbons (Fsp3) is 0.133. The number of nitrogens with one attached hydrogen (secondary N) is 1. The van der Waals surface area contributed by atoms with Gasteiger partial charge in [0.25, 0.3) is 0 Å². The zero-order valence-corrected chi connectivity index (χ0v) is 11.9. The normalized spacial score (nSPS) is 11.4. The summed E-state index contributed by atoms with van der Waals surface area (Å²) in [6.07, 6.45) is 0. The molecule has 4 N–H and O–H groups in total. The van der Waals surface area contributed by atoms with Gasteiger partial charge in [-0.25, -0.2) is 0 Å². The van der Waals surface area contributed by atoms with E-state index < -0.39 is 0 Å². The Morgan fingerprint density at radius 3 is 2.80 bits per heavy atom. The van der Waals surface area contributed by atoms with E-state index in [1.165, 1.54) is 0 Å². The average molecular weight is 290 g/mol. The van der Waals surface area contributed by atoms with Gasteiger partial charge in [0, 0.05) is 22.8 Å². The number of hydrogen-bond donors (Lipinski definition) is 3. The van der Waals surface area contributed by atoms with Gasteiger partial charge in [0.2, 0.25) is 0 Å². The predicted octanol–water partition coefficient (Wildman–Crippen LogP) is 3.36. The van der Waals surface area contributed by atoms with Crippen LogP contribution in [-0.4, -0.2) is 11.0 Å². The summed E-state index contributed by atoms with van der Waals surface area (Å²) in [5.74, 6) is 0.103. The van der Waals surface area contributed by atoms with Crippen LogP contribution >= 0.6 is 11.6 Å². The van der Waals surface area contributed by atoms with E-state index in [9.17, 15) is 0 Å². The number of nitrogens with zero attached hydrogens (tertiary/aromatic N) is 1. The summed E-state index contributed by atoms with van der Waals surface area (Å²) in [4.78, 5) is 0. The van der Waals surface area contributed by atoms with E-state index in [1.54, 1.807) is 6.07 Å². The van der Waals surface area contributed by atoms with Crippen molar-refractivity contribution in [1.82, 2.24) is 0 Å². The minimum atomic E-state index is 0.103. The van der Waals surface area contributed by atoms with Gasteiger partial charge in [0.15, 0.2) is 5.84 Å². The van der Waals surface area contributed by atoms with Crippen molar-refractivity contribution in [3.8, 4) is 0 Å². The summed E-state index contributed by atoms with van der Waals surface area (Å²) in [5, 5.41) is 15.8. The quantitative estimate of drug-likeness (QED) is 0.350. The molecule has 0 aliphatic carbocycles. The van der Waals surface area contributed by atoms with Gasteiger partial charge in [-0.1, -0.05) is 41.0 Å². The van der Waals surface area contributed by atoms with Crippen molar-refractivity contribution in [3.05, 3.63) is 64.2 Å². The summed E-state index contributed by atoms with van der Waals surface area (Å²) in [6.45, 7) is 2.60. The summed E-state index contributed by atoms with van der Waals surface area (Å²) in [6, 6.07) is 13.3. The van der Waals surface area contributed by atoms with Gasteiger partial charge in [0.05, 0.1) is 0 Å². The second-order valence-electron chi connectivity index (χ2n) is 4.45. The Bertz CT molecular complexity index is 641. The maximum absolute atomic E-state index is 8.69. The van der Waals surface area contributed by atoms with Crippen molar-refractivity contribution in [2.45, 2.75) is 13.5 Å². The van der Waals surface area contributed by atoms with Gasteiger partial charge in [-0.2, -0.15) is 0 Å². The van der Waals surface area contributed by atoms with E-state index in [4.69, 9.17) is 22.5 Å². The number of nitrogens with two attached hydrogens (primary N) is 1. The first kappa shape index (κ1) is 14.2. The lowest BCUT2D eigenvalue weighted by Crippen LogP contribution is -2.13. The highest BCUT2D eigenvalue weighted by Crippen LogP contribution is 2.23. The Morgan fingerprint density at radius 2 is 2.05 bits per heavy atom. The van der Waals surface area contributed by atoms with Crippen molar-refractivity contribution in [3.63, 3.8) is 0 Å². The number of halogens is 1. The largest absolute Gasteiger partial charge is 0.409 e. The Kier molecular flexibility index (Phi) is 4.48. The van der Waals surface area contributed by atoms with Crippen LogP contribution in [0.3, 0.4) is 0 Å². The molecule has 2 aromatic rings. The van der Waals surface area contributed by atoms with Crippen LogP contribution in [0.1, 0.15) is 16.7 Å². The molecule has 0 aromatic heterocycles. The molecule has 0 saturated heterocycles. The zero-order chi connectivity index (χ0) is 14.5. The van der Waals surface area contributed by atoms with E-state index in [1.807, 2.05) is 43.3 Å². The monoisotopic (exact) mass is 289 g/mol. The minimum absolute atomic E-state index is 0.103. The van der Waals surface area contributed by atoms with Crippen LogP contribution in [0.15, 0.2) is 47.6 Å². The molecule has 20 heavy (non-hydrogen) atoms. The summed E-state index contributed by atoms with van der Waals surface area (Å²) < 4.78 is 0. The van der Waals surface area contributed by atoms with E-state index in [-0.39, 0.29) is 5.84 Å². The molecule has 0 saturated carbocycles. The lowest BCUT2D eigenvalue weighted by atomic mass is 10.1. The van der Waals surface area contributed by atoms with Crippen molar-refractivity contribution in [2.24, 2.45) is 10.9 Å². The first-order chi connectivity index (χ1) is 9.61. The third kappa shape index (κ3) is 3.22. The molecule has 0 unspecified atom stereocenters. The SMILES string of the molecule is Cc1c(Cl)cccc1NCc1cccc(C(N)=NO)c1. The van der Waals surface area contributed by atoms with E-state index in [0.717, 1.165) is 21.8 Å². The molecule has 2 aromatic carbocycles.